The van der Waals surface area contributed by atoms with E-state index in [0.717, 1.165) is 0 Å². The smallest absolute Gasteiger partial charge is 0.322 e. The van der Waals surface area contributed by atoms with E-state index in [-0.39, 0.29) is 0 Å². The van der Waals surface area contributed by atoms with Crippen LogP contribution in [0.2, 0.25) is 0 Å². The number of aliphatic carboxylic acids is 1. The molecule has 0 radical (unpaired) electrons. The zero-order valence-corrected chi connectivity index (χ0v) is 12.1. The Bertz CT molecular complexity index is 580. The molecule has 110 valence electrons. The molecule has 7 heteroatoms. The number of benzene rings is 1. The van der Waals surface area contributed by atoms with Gasteiger partial charge in [0.25, 0.3) is 0 Å². The molecule has 0 saturated carbocycles. The largest absolute Gasteiger partial charge is 0.480 e. The third-order valence-corrected chi connectivity index (χ3v) is 4.81. The lowest BCUT2D eigenvalue weighted by atomic mass is 10.1. The average molecular weight is 299 g/mol. The van der Waals surface area contributed by atoms with Crippen molar-refractivity contribution in [2.45, 2.75) is 19.1 Å². The highest BCUT2D eigenvalue weighted by atomic mass is 32.2. The molecule has 0 fully saturated rings. The van der Waals surface area contributed by atoms with Gasteiger partial charge in [-0.1, -0.05) is 32.0 Å². The van der Waals surface area contributed by atoms with Crippen molar-refractivity contribution >= 4 is 27.4 Å². The average Bonchev–Trinajstić information content (AvgIpc) is 2.26. The van der Waals surface area contributed by atoms with Crippen LogP contribution in [0.5, 0.6) is 0 Å². The monoisotopic (exact) mass is 299 g/mol. The number of carbonyl (C=O) groups excluding carboxylic acids is 1. The Morgan fingerprint density at radius 1 is 1.20 bits per heavy atom. The van der Waals surface area contributed by atoms with Crippen LogP contribution in [0.3, 0.4) is 0 Å². The lowest BCUT2D eigenvalue weighted by molar-refractivity contribution is -0.137. The normalized spacial score (nSPS) is 12.9. The summed E-state index contributed by atoms with van der Waals surface area (Å²) in [7, 11) is -4.05. The van der Waals surface area contributed by atoms with Gasteiger partial charge in [-0.15, -0.1) is 0 Å². The number of nitrogens with one attached hydrogen (secondary N) is 1. The van der Waals surface area contributed by atoms with Crippen molar-refractivity contribution in [3.05, 3.63) is 30.3 Å². The second-order valence-electron chi connectivity index (χ2n) is 4.72. The minimum Gasteiger partial charge on any atom is -0.480 e. The first-order valence-corrected chi connectivity index (χ1v) is 7.75. The zero-order valence-electron chi connectivity index (χ0n) is 11.2. The van der Waals surface area contributed by atoms with E-state index >= 15 is 0 Å². The van der Waals surface area contributed by atoms with Gasteiger partial charge in [-0.2, -0.15) is 0 Å². The molecule has 20 heavy (non-hydrogen) atoms. The summed E-state index contributed by atoms with van der Waals surface area (Å²) in [6, 6.07) is 8.37. The fourth-order valence-corrected chi connectivity index (χ4v) is 3.60. The highest BCUT2D eigenvalue weighted by Gasteiger charge is 2.36. The molecule has 1 amide bonds. The van der Waals surface area contributed by atoms with Crippen LogP contribution in [0.4, 0.5) is 5.69 Å². The first kappa shape index (κ1) is 16.2. The number of amides is 1. The number of carbonyl (C=O) groups is 2. The van der Waals surface area contributed by atoms with Crippen molar-refractivity contribution in [1.82, 2.24) is 0 Å². The number of para-hydroxylation sites is 1. The molecule has 0 aliphatic heterocycles. The number of hydrogen-bond acceptors (Lipinski definition) is 4. The maximum Gasteiger partial charge on any atom is 0.322 e. The molecular formula is C13H17NO5S. The standard InChI is InChI=1S/C13H17NO5S/c1-9(2)12(13(16)17)20(18,19)8-11(15)14-10-6-4-3-5-7-10/h3-7,9,12H,8H2,1-2H3,(H,14,15)(H,16,17). The predicted molar refractivity (Wildman–Crippen MR) is 75.1 cm³/mol. The van der Waals surface area contributed by atoms with Crippen LogP contribution < -0.4 is 5.32 Å². The van der Waals surface area contributed by atoms with E-state index in [1.54, 1.807) is 30.3 Å². The van der Waals surface area contributed by atoms with E-state index in [1.165, 1.54) is 13.8 Å². The molecule has 0 aliphatic rings. The molecule has 0 bridgehead atoms. The molecule has 0 saturated heterocycles. The summed E-state index contributed by atoms with van der Waals surface area (Å²) in [5, 5.41) is 9.81. The van der Waals surface area contributed by atoms with Gasteiger partial charge >= 0.3 is 5.97 Å². The van der Waals surface area contributed by atoms with Crippen molar-refractivity contribution in [1.29, 1.82) is 0 Å². The van der Waals surface area contributed by atoms with Gasteiger partial charge < -0.3 is 10.4 Å². The van der Waals surface area contributed by atoms with Crippen LogP contribution >= 0.6 is 0 Å². The molecule has 0 spiro atoms. The molecule has 0 aliphatic carbocycles. The zero-order chi connectivity index (χ0) is 15.3. The van der Waals surface area contributed by atoms with E-state index in [0.29, 0.717) is 5.69 Å². The highest BCUT2D eigenvalue weighted by Crippen LogP contribution is 2.14. The Hall–Kier alpha value is -1.89. The summed E-state index contributed by atoms with van der Waals surface area (Å²) in [5.41, 5.74) is 0.462. The van der Waals surface area contributed by atoms with Crippen molar-refractivity contribution in [2.24, 2.45) is 5.92 Å². The number of hydrogen-bond donors (Lipinski definition) is 2. The van der Waals surface area contributed by atoms with Crippen LogP contribution in [-0.4, -0.2) is 36.4 Å². The highest BCUT2D eigenvalue weighted by molar-refractivity contribution is 7.93. The summed E-state index contributed by atoms with van der Waals surface area (Å²) in [4.78, 5) is 22.7. The Morgan fingerprint density at radius 3 is 2.20 bits per heavy atom. The van der Waals surface area contributed by atoms with Crippen LogP contribution in [0.15, 0.2) is 30.3 Å². The Morgan fingerprint density at radius 2 is 1.75 bits per heavy atom. The van der Waals surface area contributed by atoms with Gasteiger partial charge in [0.1, 0.15) is 5.75 Å². The van der Waals surface area contributed by atoms with Crippen molar-refractivity contribution in [2.75, 3.05) is 11.1 Å². The van der Waals surface area contributed by atoms with E-state index in [4.69, 9.17) is 5.11 Å². The SMILES string of the molecule is CC(C)C(C(=O)O)S(=O)(=O)CC(=O)Nc1ccccc1. The minimum absolute atomic E-state index is 0.462. The van der Waals surface area contributed by atoms with Crippen LogP contribution in [-0.2, 0) is 19.4 Å². The molecule has 1 atom stereocenters. The van der Waals surface area contributed by atoms with Crippen molar-refractivity contribution in [3.8, 4) is 0 Å². The molecular weight excluding hydrogens is 282 g/mol. The lowest BCUT2D eigenvalue weighted by Gasteiger charge is -2.16. The van der Waals surface area contributed by atoms with Crippen molar-refractivity contribution in [3.63, 3.8) is 0 Å². The molecule has 2 N–H and O–H groups in total. The van der Waals surface area contributed by atoms with Gasteiger partial charge in [0.15, 0.2) is 15.1 Å². The second kappa shape index (κ2) is 6.51. The lowest BCUT2D eigenvalue weighted by Crippen LogP contribution is -2.39. The van der Waals surface area contributed by atoms with Crippen LogP contribution in [0.1, 0.15) is 13.8 Å². The van der Waals surface area contributed by atoms with Gasteiger partial charge in [-0.05, 0) is 18.1 Å². The number of anilines is 1. The topological polar surface area (TPSA) is 101 Å². The fraction of sp³-hybridized carbons (Fsp3) is 0.385. The van der Waals surface area contributed by atoms with Crippen LogP contribution in [0.25, 0.3) is 0 Å². The Kier molecular flexibility index (Phi) is 5.26. The first-order valence-electron chi connectivity index (χ1n) is 6.03. The van der Waals surface area contributed by atoms with E-state index in [9.17, 15) is 18.0 Å². The van der Waals surface area contributed by atoms with E-state index < -0.39 is 38.6 Å². The van der Waals surface area contributed by atoms with E-state index in [2.05, 4.69) is 5.32 Å². The molecule has 0 heterocycles. The maximum absolute atomic E-state index is 12.0. The quantitative estimate of drug-likeness (QED) is 0.820. The first-order chi connectivity index (χ1) is 9.24. The Labute approximate surface area is 117 Å². The van der Waals surface area contributed by atoms with Gasteiger partial charge in [0, 0.05) is 5.69 Å². The number of rotatable bonds is 6. The predicted octanol–water partition coefficient (Wildman–Crippen LogP) is 1.15. The van der Waals surface area contributed by atoms with Gasteiger partial charge in [0.2, 0.25) is 5.91 Å². The number of carboxylic acid groups (broad SMARTS) is 1. The van der Waals surface area contributed by atoms with Crippen molar-refractivity contribution < 1.29 is 23.1 Å². The summed E-state index contributed by atoms with van der Waals surface area (Å²) < 4.78 is 23.9. The van der Waals surface area contributed by atoms with Gasteiger partial charge in [-0.3, -0.25) is 9.59 Å². The molecule has 0 aromatic heterocycles. The summed E-state index contributed by atoms with van der Waals surface area (Å²) in [6.07, 6.45) is 0. The molecule has 1 aromatic rings. The molecule has 1 unspecified atom stereocenters. The summed E-state index contributed by atoms with van der Waals surface area (Å²) >= 11 is 0. The molecule has 1 aromatic carbocycles. The van der Waals surface area contributed by atoms with Gasteiger partial charge in [0.05, 0.1) is 0 Å². The number of sulfone groups is 1. The fourth-order valence-electron chi connectivity index (χ4n) is 1.84. The number of carboxylic acids is 1. The summed E-state index contributed by atoms with van der Waals surface area (Å²) in [6.45, 7) is 2.98. The summed E-state index contributed by atoms with van der Waals surface area (Å²) in [5.74, 6) is -3.64. The Balaban J connectivity index is 2.80. The third kappa shape index (κ3) is 4.34. The molecule has 1 rings (SSSR count). The third-order valence-electron chi connectivity index (χ3n) is 2.63. The van der Waals surface area contributed by atoms with E-state index in [1.807, 2.05) is 0 Å². The molecule has 6 nitrogen and oxygen atoms in total. The minimum atomic E-state index is -4.05. The van der Waals surface area contributed by atoms with Gasteiger partial charge in [-0.25, -0.2) is 8.42 Å². The maximum atomic E-state index is 12.0. The second-order valence-corrected chi connectivity index (χ2v) is 6.85. The van der Waals surface area contributed by atoms with Crippen LogP contribution in [0, 0.1) is 5.92 Å².